The summed E-state index contributed by atoms with van der Waals surface area (Å²) in [6.07, 6.45) is -16.3. The Kier molecular flexibility index (Phi) is 2.50. The number of carbonyl (C=O) groups is 1. The standard InChI is InChI=1S/C27H29F3N2O6/c1-25(2,14-36-3)23-9-15-8-19(18(28)11-20(15)32(23)12-17(34)13-33)31-24(35)26(6-7-26)16-4-5-21-22(10-16)38-27(29,30)37-21/h4-5,8-11,17,33-34H,6-7,12-14H2,1-3H3,(H,31,35)/t17-/m0/s1/i1D3,4D,5D,6D2,7D2,8D,9D,10D,11D,12D2,13D2,14D2,17D,33D,34D/hD/t17-,25?. The number of halogens is 3. The molecule has 1 aliphatic carbocycles. The van der Waals surface area contributed by atoms with E-state index < -0.39 is 155 Å². The van der Waals surface area contributed by atoms with E-state index in [1.807, 2.05) is 0 Å². The molecule has 1 amide bonds. The molecule has 2 aromatic carbocycles. The molecule has 2 heterocycles. The molecule has 2 aliphatic rings. The van der Waals surface area contributed by atoms with Crippen molar-refractivity contribution in [1.29, 1.82) is 2.86 Å². The van der Waals surface area contributed by atoms with Crippen molar-refractivity contribution in [2.75, 3.05) is 25.5 Å². The lowest BCUT2D eigenvalue weighted by atomic mass is 9.90. The zero-order chi connectivity index (χ0) is 47.4. The first-order valence-corrected chi connectivity index (χ1v) is 10.2. The smallest absolute Gasteiger partial charge is 0.395 e. The number of aliphatic hydroxyl groups is 2. The van der Waals surface area contributed by atoms with E-state index in [1.54, 1.807) is 0 Å². The molecule has 3 aromatic rings. The van der Waals surface area contributed by atoms with Crippen molar-refractivity contribution in [1.82, 2.24) is 4.57 Å². The second kappa shape index (κ2) is 9.18. The SMILES string of the molecule is [2H]OC([2H])([2H])[C@@]([2H])(O[2H])C([2H])([2H])n1c(C(C)(C([2H])([2H])[2H])C([2H])([2H])OC)c([2H])c2c([2H])c(N([2H])C(=O)C3(c4c([2H])c([2H])c5c(c4[2H])OC(F)(F)O5)C([2H])([2H])C3([2H])[2H])c(F)c([2H])c21. The van der Waals surface area contributed by atoms with Crippen molar-refractivity contribution in [3.8, 4) is 11.5 Å². The van der Waals surface area contributed by atoms with Crippen LogP contribution in [0.2, 0.25) is 1.41 Å². The van der Waals surface area contributed by atoms with Gasteiger partial charge >= 0.3 is 6.29 Å². The second-order valence-corrected chi connectivity index (χ2v) is 7.91. The van der Waals surface area contributed by atoms with Crippen molar-refractivity contribution in [2.45, 2.75) is 56.2 Å². The Balaban J connectivity index is 1.96. The first-order valence-electron chi connectivity index (χ1n) is 21.5. The molecule has 2 atom stereocenters. The van der Waals surface area contributed by atoms with Gasteiger partial charge in [-0.1, -0.05) is 19.8 Å². The van der Waals surface area contributed by atoms with Gasteiger partial charge in [0.25, 0.3) is 0 Å². The molecule has 1 unspecified atom stereocenters. The summed E-state index contributed by atoms with van der Waals surface area (Å²) in [5, 5.41) is 5.60. The Hall–Kier alpha value is -3.28. The molecule has 8 nitrogen and oxygen atoms in total. The molecule has 3 N–H and O–H groups in total. The Morgan fingerprint density at radius 1 is 1.42 bits per heavy atom. The van der Waals surface area contributed by atoms with Gasteiger partial charge in [0.05, 0.1) is 60.1 Å². The molecule has 0 bridgehead atoms. The summed E-state index contributed by atoms with van der Waals surface area (Å²) in [7, 11) is 0.599. The van der Waals surface area contributed by atoms with E-state index in [2.05, 4.69) is 19.7 Å². The van der Waals surface area contributed by atoms with Gasteiger partial charge in [0, 0.05) is 39.2 Å². The minimum Gasteiger partial charge on any atom is -0.395 e. The summed E-state index contributed by atoms with van der Waals surface area (Å²) in [6, 6.07) is -9.66. The van der Waals surface area contributed by atoms with Gasteiger partial charge in [0.2, 0.25) is 8.77 Å². The van der Waals surface area contributed by atoms with Gasteiger partial charge in [0.15, 0.2) is 12.9 Å². The maximum atomic E-state index is 16.8. The minimum atomic E-state index is -4.59. The van der Waals surface area contributed by atoms with Crippen LogP contribution in [0.15, 0.2) is 36.3 Å². The van der Waals surface area contributed by atoms with Gasteiger partial charge in [-0.25, -0.2) is 4.39 Å². The highest BCUT2D eigenvalue weighted by molar-refractivity contribution is 6.02. The average molecular weight is 558 g/mol. The topological polar surface area (TPSA) is 102 Å². The number of nitrogens with one attached hydrogen (secondary N) is 1. The molecule has 0 spiro atoms. The van der Waals surface area contributed by atoms with Gasteiger partial charge in [0.1, 0.15) is 5.82 Å². The highest BCUT2D eigenvalue weighted by Gasteiger charge is 2.53. The third-order valence-electron chi connectivity index (χ3n) is 5.16. The fourth-order valence-electron chi connectivity index (χ4n) is 3.47. The van der Waals surface area contributed by atoms with Crippen LogP contribution in [-0.4, -0.2) is 56.2 Å². The molecule has 38 heavy (non-hydrogen) atoms. The number of nitrogens with zero attached hydrogens (tertiary/aromatic N) is 1. The number of ether oxygens (including phenoxy) is 3. The minimum absolute atomic E-state index is 0.369. The van der Waals surface area contributed by atoms with Gasteiger partial charge in [-0.05, 0) is 42.5 Å². The summed E-state index contributed by atoms with van der Waals surface area (Å²) >= 11 is 0. The largest absolute Gasteiger partial charge is 0.586 e. The van der Waals surface area contributed by atoms with Crippen molar-refractivity contribution >= 4 is 22.5 Å². The Labute approximate surface area is 249 Å². The van der Waals surface area contributed by atoms with E-state index in [4.69, 9.17) is 36.4 Å². The highest BCUT2D eigenvalue weighted by atomic mass is 19.3. The predicted molar refractivity (Wildman–Crippen MR) is 132 cm³/mol. The lowest BCUT2D eigenvalue weighted by Gasteiger charge is -2.27. The Bertz CT molecular complexity index is 2360. The quantitative estimate of drug-likeness (QED) is 0.329. The van der Waals surface area contributed by atoms with Crippen LogP contribution in [0.5, 0.6) is 11.5 Å². The maximum absolute atomic E-state index is 16.8. The molecule has 5 rings (SSSR count). The highest BCUT2D eigenvalue weighted by Crippen LogP contribution is 2.52. The summed E-state index contributed by atoms with van der Waals surface area (Å²) in [4.78, 5) is 14.5. The number of hydrogen-bond donors (Lipinski definition) is 3. The van der Waals surface area contributed by atoms with E-state index in [-0.39, 0.29) is 4.57 Å². The molecular weight excluding hydrogens is 505 g/mol. The van der Waals surface area contributed by atoms with E-state index >= 15 is 4.39 Å². The summed E-state index contributed by atoms with van der Waals surface area (Å²) in [5.41, 5.74) is -13.8. The van der Waals surface area contributed by atoms with Crippen molar-refractivity contribution in [3.63, 3.8) is 0 Å². The van der Waals surface area contributed by atoms with Crippen LogP contribution in [0.25, 0.3) is 10.9 Å². The van der Waals surface area contributed by atoms with Gasteiger partial charge in [-0.15, -0.1) is 8.78 Å². The average Bonchev–Trinajstić information content (AvgIpc) is 3.45. The van der Waals surface area contributed by atoms with E-state index in [0.29, 0.717) is 14.0 Å². The van der Waals surface area contributed by atoms with Crippen LogP contribution in [0.4, 0.5) is 18.9 Å². The molecule has 1 saturated carbocycles. The van der Waals surface area contributed by atoms with Gasteiger partial charge in [-0.3, -0.25) is 4.79 Å². The Morgan fingerprint density at radius 3 is 2.89 bits per heavy atom. The fourth-order valence-corrected chi connectivity index (χ4v) is 3.47. The third-order valence-corrected chi connectivity index (χ3v) is 5.16. The van der Waals surface area contributed by atoms with Crippen LogP contribution in [-0.2, 0) is 26.9 Å². The first-order chi connectivity index (χ1) is 27.3. The molecule has 0 radical (unpaired) electrons. The number of benzene rings is 2. The van der Waals surface area contributed by atoms with Crippen LogP contribution in [0, 0.1) is 5.82 Å². The number of anilines is 1. The molecule has 1 aliphatic heterocycles. The van der Waals surface area contributed by atoms with Crippen LogP contribution >= 0.6 is 0 Å². The van der Waals surface area contributed by atoms with Gasteiger partial charge < -0.3 is 34.3 Å². The van der Waals surface area contributed by atoms with E-state index in [9.17, 15) is 13.6 Å². The van der Waals surface area contributed by atoms with E-state index in [1.165, 1.54) is 0 Å². The third kappa shape index (κ3) is 4.59. The lowest BCUT2D eigenvalue weighted by molar-refractivity contribution is -0.286. The number of amides is 1. The van der Waals surface area contributed by atoms with Crippen molar-refractivity contribution in [3.05, 3.63) is 53.3 Å². The van der Waals surface area contributed by atoms with Gasteiger partial charge in [-0.2, -0.15) is 0 Å². The fraction of sp³-hybridized carbons (Fsp3) is 0.444. The van der Waals surface area contributed by atoms with Crippen molar-refractivity contribution < 1.29 is 71.2 Å². The molecular formula is C27H29F3N2O6. The Morgan fingerprint density at radius 2 is 2.21 bits per heavy atom. The molecule has 0 saturated heterocycles. The number of alkyl halides is 2. The molecule has 1 aromatic heterocycles. The second-order valence-electron chi connectivity index (χ2n) is 7.91. The van der Waals surface area contributed by atoms with Crippen molar-refractivity contribution in [2.24, 2.45) is 0 Å². The number of rotatable bonds is 11. The summed E-state index contributed by atoms with van der Waals surface area (Å²) in [5.74, 6) is -7.35. The van der Waals surface area contributed by atoms with E-state index in [0.717, 1.165) is 0 Å². The van der Waals surface area contributed by atoms with Crippen LogP contribution in [0.3, 0.4) is 0 Å². The predicted octanol–water partition coefficient (Wildman–Crippen LogP) is 4.05. The molecule has 1 fully saturated rings. The normalized spacial score (nSPS) is 32.9. The maximum Gasteiger partial charge on any atom is 0.586 e. The molecule has 204 valence electrons. The zero-order valence-electron chi connectivity index (χ0n) is 42.0. The summed E-state index contributed by atoms with van der Waals surface area (Å²) < 4.78 is 251. The summed E-state index contributed by atoms with van der Waals surface area (Å²) in [6.45, 7) is -15.5. The number of fused-ring (bicyclic) bond motifs is 2. The lowest BCUT2D eigenvalue weighted by Crippen LogP contribution is -2.30. The number of carbonyl (C=O) groups excluding carboxylic acids is 1. The number of methoxy groups -OCH3 is 1. The first kappa shape index (κ1) is 10.4. The van der Waals surface area contributed by atoms with Crippen LogP contribution < -0.4 is 14.8 Å². The van der Waals surface area contributed by atoms with Crippen LogP contribution in [0.1, 0.15) is 65.2 Å². The number of hydrogen-bond acceptors (Lipinski definition) is 6. The number of aromatic nitrogens is 1. The molecule has 11 heteroatoms. The monoisotopic (exact) mass is 557 g/mol. The zero-order valence-corrected chi connectivity index (χ0v) is 19.0.